The Bertz CT molecular complexity index is 757. The number of rotatable bonds is 3. The van der Waals surface area contributed by atoms with Gasteiger partial charge in [0.15, 0.2) is 0 Å². The van der Waals surface area contributed by atoms with E-state index in [1.165, 1.54) is 0 Å². The molecule has 0 aliphatic heterocycles. The number of halogens is 1. The second-order valence-electron chi connectivity index (χ2n) is 4.24. The number of anilines is 1. The third kappa shape index (κ3) is 2.25. The van der Waals surface area contributed by atoms with E-state index in [1.54, 1.807) is 16.8 Å². The van der Waals surface area contributed by atoms with Gasteiger partial charge in [0.2, 0.25) is 5.95 Å². The molecule has 0 saturated heterocycles. The second kappa shape index (κ2) is 4.97. The Morgan fingerprint density at radius 2 is 2.10 bits per heavy atom. The summed E-state index contributed by atoms with van der Waals surface area (Å²) in [5.41, 5.74) is 6.38. The van der Waals surface area contributed by atoms with Gasteiger partial charge in [0.05, 0.1) is 10.7 Å². The highest BCUT2D eigenvalue weighted by Gasteiger charge is 2.15. The molecule has 2 aromatic heterocycles. The molecule has 20 heavy (non-hydrogen) atoms. The smallest absolute Gasteiger partial charge is 0.254 e. The van der Waals surface area contributed by atoms with Gasteiger partial charge in [-0.25, -0.2) is 4.98 Å². The highest BCUT2D eigenvalue weighted by molar-refractivity contribution is 6.32. The van der Waals surface area contributed by atoms with Crippen molar-refractivity contribution in [3.63, 3.8) is 0 Å². The number of nitrogens with zero attached hydrogens (tertiary/aromatic N) is 4. The molecular weight excluding hydrogens is 278 g/mol. The Morgan fingerprint density at radius 1 is 1.30 bits per heavy atom. The van der Waals surface area contributed by atoms with E-state index >= 15 is 0 Å². The molecule has 0 radical (unpaired) electrons. The molecule has 3 aromatic rings. The molecular formula is C13H12ClN5O. The van der Waals surface area contributed by atoms with Crippen LogP contribution in [0, 0.1) is 0 Å². The van der Waals surface area contributed by atoms with E-state index in [0.29, 0.717) is 16.5 Å². The van der Waals surface area contributed by atoms with E-state index in [1.807, 2.05) is 31.2 Å². The zero-order valence-electron chi connectivity index (χ0n) is 10.7. The van der Waals surface area contributed by atoms with Gasteiger partial charge in [-0.15, -0.1) is 5.10 Å². The van der Waals surface area contributed by atoms with Crippen molar-refractivity contribution in [2.24, 2.45) is 0 Å². The Labute approximate surface area is 120 Å². The first kappa shape index (κ1) is 12.7. The lowest BCUT2D eigenvalue weighted by molar-refractivity contribution is 0.219. The lowest BCUT2D eigenvalue weighted by Gasteiger charge is -2.16. The highest BCUT2D eigenvalue weighted by Crippen LogP contribution is 2.28. The van der Waals surface area contributed by atoms with Crippen LogP contribution in [0.5, 0.6) is 5.75 Å². The largest absolute Gasteiger partial charge is 0.483 e. The van der Waals surface area contributed by atoms with E-state index in [0.717, 1.165) is 5.69 Å². The number of ether oxygens (including phenoxy) is 1. The summed E-state index contributed by atoms with van der Waals surface area (Å²) < 4.78 is 7.43. The van der Waals surface area contributed by atoms with Crippen LogP contribution in [0.2, 0.25) is 5.02 Å². The van der Waals surface area contributed by atoms with Crippen molar-refractivity contribution in [3.8, 4) is 5.75 Å². The molecule has 3 rings (SSSR count). The van der Waals surface area contributed by atoms with Crippen molar-refractivity contribution in [3.05, 3.63) is 47.2 Å². The maximum Gasteiger partial charge on any atom is 0.254 e. The Hall–Kier alpha value is -2.34. The maximum atomic E-state index is 6.09. The molecule has 0 bridgehead atoms. The summed E-state index contributed by atoms with van der Waals surface area (Å²) in [5.74, 6) is 1.23. The number of para-hydroxylation sites is 1. The molecule has 0 amide bonds. The average molecular weight is 290 g/mol. The van der Waals surface area contributed by atoms with Crippen LogP contribution in [0.1, 0.15) is 18.7 Å². The van der Waals surface area contributed by atoms with Crippen LogP contribution in [0.25, 0.3) is 5.78 Å². The number of aromatic nitrogens is 4. The summed E-state index contributed by atoms with van der Waals surface area (Å²) in [6.45, 7) is 1.90. The average Bonchev–Trinajstić information content (AvgIpc) is 2.81. The molecule has 0 aliphatic carbocycles. The van der Waals surface area contributed by atoms with E-state index < -0.39 is 0 Å². The highest BCUT2D eigenvalue weighted by atomic mass is 35.5. The predicted octanol–water partition coefficient (Wildman–Crippen LogP) is 2.50. The van der Waals surface area contributed by atoms with Gasteiger partial charge in [-0.3, -0.25) is 0 Å². The van der Waals surface area contributed by atoms with Gasteiger partial charge in [-0.2, -0.15) is 9.50 Å². The van der Waals surface area contributed by atoms with E-state index in [-0.39, 0.29) is 12.1 Å². The van der Waals surface area contributed by atoms with Gasteiger partial charge in [-0.1, -0.05) is 23.7 Å². The van der Waals surface area contributed by atoms with Crippen molar-refractivity contribution in [1.82, 2.24) is 19.6 Å². The van der Waals surface area contributed by atoms with Crippen LogP contribution < -0.4 is 10.5 Å². The topological polar surface area (TPSA) is 78.3 Å². The van der Waals surface area contributed by atoms with Crippen molar-refractivity contribution >= 4 is 23.3 Å². The van der Waals surface area contributed by atoms with Gasteiger partial charge < -0.3 is 10.5 Å². The molecule has 7 heteroatoms. The van der Waals surface area contributed by atoms with Crippen LogP contribution in [-0.2, 0) is 0 Å². The predicted molar refractivity (Wildman–Crippen MR) is 75.7 cm³/mol. The SMILES string of the molecule is C[C@@H](Oc1ccccc1Cl)c1ccnc2nc(N)nn12. The molecule has 0 spiro atoms. The number of benzene rings is 1. The van der Waals surface area contributed by atoms with Crippen molar-refractivity contribution in [2.75, 3.05) is 5.73 Å². The molecule has 1 atom stereocenters. The molecule has 2 N–H and O–H groups in total. The van der Waals surface area contributed by atoms with Crippen LogP contribution >= 0.6 is 11.6 Å². The fraction of sp³-hybridized carbons (Fsp3) is 0.154. The number of hydrogen-bond donors (Lipinski definition) is 1. The molecule has 0 saturated carbocycles. The monoisotopic (exact) mass is 289 g/mol. The summed E-state index contributed by atoms with van der Waals surface area (Å²) in [5, 5.41) is 4.66. The van der Waals surface area contributed by atoms with Gasteiger partial charge in [0.1, 0.15) is 11.9 Å². The Kier molecular flexibility index (Phi) is 3.15. The third-order valence-corrected chi connectivity index (χ3v) is 3.16. The van der Waals surface area contributed by atoms with Crippen molar-refractivity contribution in [1.29, 1.82) is 0 Å². The van der Waals surface area contributed by atoms with Gasteiger partial charge in [-0.05, 0) is 25.1 Å². The normalized spacial score (nSPS) is 12.5. The minimum absolute atomic E-state index is 0.176. The summed E-state index contributed by atoms with van der Waals surface area (Å²) in [7, 11) is 0. The number of fused-ring (bicyclic) bond motifs is 1. The summed E-state index contributed by atoms with van der Waals surface area (Å²) in [4.78, 5) is 8.12. The molecule has 102 valence electrons. The van der Waals surface area contributed by atoms with Gasteiger partial charge >= 0.3 is 0 Å². The molecule has 0 unspecified atom stereocenters. The van der Waals surface area contributed by atoms with Crippen LogP contribution in [0.4, 0.5) is 5.95 Å². The number of nitrogen functional groups attached to an aromatic ring is 1. The standard InChI is InChI=1S/C13H12ClN5O/c1-8(20-11-5-3-2-4-9(11)14)10-6-7-16-13-17-12(15)18-19(10)13/h2-8H,1H3,(H2,15,18)/t8-/m1/s1. The lowest BCUT2D eigenvalue weighted by atomic mass is 10.2. The van der Waals surface area contributed by atoms with Crippen LogP contribution in [-0.4, -0.2) is 19.6 Å². The summed E-state index contributed by atoms with van der Waals surface area (Å²) in [6.07, 6.45) is 1.37. The van der Waals surface area contributed by atoms with Gasteiger partial charge in [0.25, 0.3) is 5.78 Å². The quantitative estimate of drug-likeness (QED) is 0.801. The minimum atomic E-state index is -0.276. The molecule has 6 nitrogen and oxygen atoms in total. The first-order valence-corrected chi connectivity index (χ1v) is 6.41. The molecule has 0 fully saturated rings. The van der Waals surface area contributed by atoms with Gasteiger partial charge in [0, 0.05) is 6.20 Å². The first-order valence-electron chi connectivity index (χ1n) is 6.03. The fourth-order valence-corrected chi connectivity index (χ4v) is 2.11. The zero-order chi connectivity index (χ0) is 14.1. The maximum absolute atomic E-state index is 6.09. The van der Waals surface area contributed by atoms with E-state index in [2.05, 4.69) is 15.1 Å². The van der Waals surface area contributed by atoms with Crippen LogP contribution in [0.15, 0.2) is 36.5 Å². The zero-order valence-corrected chi connectivity index (χ0v) is 11.4. The lowest BCUT2D eigenvalue weighted by Crippen LogP contribution is -2.10. The first-order chi connectivity index (χ1) is 9.65. The van der Waals surface area contributed by atoms with Crippen molar-refractivity contribution in [2.45, 2.75) is 13.0 Å². The second-order valence-corrected chi connectivity index (χ2v) is 4.65. The minimum Gasteiger partial charge on any atom is -0.483 e. The Balaban J connectivity index is 1.97. The Morgan fingerprint density at radius 3 is 2.90 bits per heavy atom. The fourth-order valence-electron chi connectivity index (χ4n) is 1.93. The van der Waals surface area contributed by atoms with Crippen LogP contribution in [0.3, 0.4) is 0 Å². The third-order valence-electron chi connectivity index (χ3n) is 2.84. The van der Waals surface area contributed by atoms with E-state index in [9.17, 15) is 0 Å². The molecule has 2 heterocycles. The number of nitrogens with two attached hydrogens (primary N) is 1. The van der Waals surface area contributed by atoms with E-state index in [4.69, 9.17) is 22.1 Å². The summed E-state index contributed by atoms with van der Waals surface area (Å²) >= 11 is 6.09. The number of hydrogen-bond acceptors (Lipinski definition) is 5. The summed E-state index contributed by atoms with van der Waals surface area (Å²) in [6, 6.07) is 9.11. The molecule has 0 aliphatic rings. The molecule has 1 aromatic carbocycles. The van der Waals surface area contributed by atoms with Crippen molar-refractivity contribution < 1.29 is 4.74 Å².